The minimum atomic E-state index is -1.65. The maximum Gasteiger partial charge on any atom is 0.336 e. The van der Waals surface area contributed by atoms with Gasteiger partial charge in [0.1, 0.15) is 35.7 Å². The average molecular weight is 592 g/mol. The van der Waals surface area contributed by atoms with Crippen molar-refractivity contribution in [1.82, 2.24) is 0 Å². The molecule has 0 saturated carbocycles. The van der Waals surface area contributed by atoms with Crippen LogP contribution in [0.25, 0.3) is 11.0 Å². The molecule has 2 heterocycles. The molecular weight excluding hydrogens is 542 g/mol. The number of nitrogens with one attached hydrogen (secondary N) is 1. The van der Waals surface area contributed by atoms with E-state index in [-0.39, 0.29) is 28.8 Å². The Hall–Kier alpha value is -2.50. The van der Waals surface area contributed by atoms with Crippen molar-refractivity contribution in [1.29, 1.82) is 0 Å². The van der Waals surface area contributed by atoms with Gasteiger partial charge in [-0.15, -0.1) is 0 Å². The minimum Gasteiger partial charge on any atom is -0.460 e. The van der Waals surface area contributed by atoms with Crippen LogP contribution in [-0.2, 0) is 9.53 Å². The smallest absolute Gasteiger partial charge is 0.336 e. The monoisotopic (exact) mass is 591 g/mol. The number of benzene rings is 1. The highest BCUT2D eigenvalue weighted by Crippen LogP contribution is 2.35. The number of unbranched alkanes of at least 4 members (excludes halogenated alkanes) is 10. The van der Waals surface area contributed by atoms with E-state index in [9.17, 15) is 30.0 Å². The van der Waals surface area contributed by atoms with Gasteiger partial charge in [-0.2, -0.15) is 0 Å². The van der Waals surface area contributed by atoms with E-state index in [4.69, 9.17) is 13.9 Å². The molecule has 6 atom stereocenters. The van der Waals surface area contributed by atoms with E-state index in [0.29, 0.717) is 10.9 Å². The zero-order valence-electron chi connectivity index (χ0n) is 25.2. The maximum atomic E-state index is 13.2. The molecule has 1 fully saturated rings. The highest BCUT2D eigenvalue weighted by atomic mass is 16.7. The first-order chi connectivity index (χ1) is 20.2. The number of carbonyl (C=O) groups is 1. The summed E-state index contributed by atoms with van der Waals surface area (Å²) in [7, 11) is 0. The van der Waals surface area contributed by atoms with Gasteiger partial charge in [-0.05, 0) is 25.0 Å². The van der Waals surface area contributed by atoms with Crippen molar-refractivity contribution < 1.29 is 39.1 Å². The molecule has 1 aliphatic rings. The van der Waals surface area contributed by atoms with Crippen LogP contribution in [0.15, 0.2) is 27.4 Å². The Morgan fingerprint density at radius 1 is 0.929 bits per heavy atom. The van der Waals surface area contributed by atoms with E-state index in [1.165, 1.54) is 63.5 Å². The first-order valence-corrected chi connectivity index (χ1v) is 15.5. The van der Waals surface area contributed by atoms with Crippen molar-refractivity contribution in [3.8, 4) is 5.75 Å². The number of amides is 1. The molecule has 0 radical (unpaired) electrons. The van der Waals surface area contributed by atoms with Crippen molar-refractivity contribution in [3.05, 3.63) is 34.2 Å². The van der Waals surface area contributed by atoms with Crippen LogP contribution >= 0.6 is 0 Å². The second kappa shape index (κ2) is 17.0. The molecule has 5 N–H and O–H groups in total. The fraction of sp³-hybridized carbons (Fsp3) is 0.688. The molecule has 236 valence electrons. The number of aliphatic hydroxyl groups excluding tert-OH is 4. The molecule has 10 nitrogen and oxygen atoms in total. The molecule has 0 bridgehead atoms. The standard InChI is InChI=1S/C32H49NO9/c1-4-5-6-7-8-9-10-11-12-13-14-15-20(2)31(39)33-23-17-22-21(3)16-27(35)40-24(22)18-25(23)41-32-30(38)29(37)28(36)26(19-34)42-32/h16-18,20,26,28-30,32,34,36-38H,4-15,19H2,1-3H3,(H,33,39). The third-order valence-corrected chi connectivity index (χ3v) is 8.09. The second-order valence-electron chi connectivity index (χ2n) is 11.6. The molecule has 0 aliphatic carbocycles. The van der Waals surface area contributed by atoms with Gasteiger partial charge in [0.15, 0.2) is 0 Å². The topological polar surface area (TPSA) is 159 Å². The van der Waals surface area contributed by atoms with Crippen LogP contribution in [0.2, 0.25) is 0 Å². The Morgan fingerprint density at radius 3 is 2.17 bits per heavy atom. The number of ether oxygens (including phenoxy) is 2. The molecule has 1 aromatic heterocycles. The first kappa shape index (κ1) is 34.0. The van der Waals surface area contributed by atoms with E-state index in [2.05, 4.69) is 12.2 Å². The summed E-state index contributed by atoms with van der Waals surface area (Å²) in [4.78, 5) is 25.2. The van der Waals surface area contributed by atoms with Crippen LogP contribution in [-0.4, -0.2) is 63.6 Å². The van der Waals surface area contributed by atoms with Crippen molar-refractivity contribution in [2.45, 2.75) is 129 Å². The third-order valence-electron chi connectivity index (χ3n) is 8.09. The fourth-order valence-corrected chi connectivity index (χ4v) is 5.33. The molecule has 2 aromatic rings. The summed E-state index contributed by atoms with van der Waals surface area (Å²) in [6.45, 7) is 5.24. The molecule has 6 unspecified atom stereocenters. The summed E-state index contributed by atoms with van der Waals surface area (Å²) in [5.74, 6) is -0.444. The van der Waals surface area contributed by atoms with Crippen LogP contribution in [0, 0.1) is 12.8 Å². The van der Waals surface area contributed by atoms with Gasteiger partial charge < -0.3 is 39.6 Å². The van der Waals surface area contributed by atoms with Gasteiger partial charge >= 0.3 is 5.63 Å². The first-order valence-electron chi connectivity index (χ1n) is 15.5. The summed E-state index contributed by atoms with van der Waals surface area (Å²) in [6.07, 6.45) is 6.83. The summed E-state index contributed by atoms with van der Waals surface area (Å²) >= 11 is 0. The van der Waals surface area contributed by atoms with Gasteiger partial charge in [-0.3, -0.25) is 4.79 Å². The summed E-state index contributed by atoms with van der Waals surface area (Å²) in [5.41, 5.74) is 0.556. The predicted molar refractivity (Wildman–Crippen MR) is 160 cm³/mol. The van der Waals surface area contributed by atoms with Crippen LogP contribution in [0.3, 0.4) is 0 Å². The molecule has 0 spiro atoms. The van der Waals surface area contributed by atoms with Gasteiger partial charge in [0.05, 0.1) is 12.3 Å². The van der Waals surface area contributed by atoms with Crippen LogP contribution in [0.1, 0.15) is 96.5 Å². The number of fused-ring (bicyclic) bond motifs is 1. The Bertz CT molecular complexity index is 1180. The number of hydrogen-bond donors (Lipinski definition) is 5. The number of carbonyl (C=O) groups excluding carboxylic acids is 1. The molecule has 1 aromatic carbocycles. The van der Waals surface area contributed by atoms with Gasteiger partial charge in [0, 0.05) is 23.4 Å². The number of aryl methyl sites for hydroxylation is 1. The van der Waals surface area contributed by atoms with E-state index in [1.807, 2.05) is 6.92 Å². The maximum absolute atomic E-state index is 13.2. The highest BCUT2D eigenvalue weighted by molar-refractivity contribution is 5.97. The van der Waals surface area contributed by atoms with Crippen LogP contribution < -0.4 is 15.7 Å². The minimum absolute atomic E-state index is 0.0378. The highest BCUT2D eigenvalue weighted by Gasteiger charge is 2.45. The Morgan fingerprint density at radius 2 is 1.55 bits per heavy atom. The Labute approximate surface area is 248 Å². The number of hydrogen-bond acceptors (Lipinski definition) is 9. The van der Waals surface area contributed by atoms with Gasteiger partial charge in [0.25, 0.3) is 0 Å². The van der Waals surface area contributed by atoms with Crippen molar-refractivity contribution in [3.63, 3.8) is 0 Å². The van der Waals surface area contributed by atoms with Crippen LogP contribution in [0.5, 0.6) is 5.75 Å². The zero-order valence-corrected chi connectivity index (χ0v) is 25.2. The quantitative estimate of drug-likeness (QED) is 0.131. The molecule has 3 rings (SSSR count). The van der Waals surface area contributed by atoms with Gasteiger partial charge in [-0.1, -0.05) is 84.5 Å². The summed E-state index contributed by atoms with van der Waals surface area (Å²) < 4.78 is 16.7. The molecule has 10 heteroatoms. The van der Waals surface area contributed by atoms with Gasteiger partial charge in [0.2, 0.25) is 12.2 Å². The Balaban J connectivity index is 1.62. The summed E-state index contributed by atoms with van der Waals surface area (Å²) in [5, 5.41) is 43.8. The lowest BCUT2D eigenvalue weighted by Gasteiger charge is -2.39. The number of rotatable bonds is 17. The van der Waals surface area contributed by atoms with E-state index in [0.717, 1.165) is 25.7 Å². The molecule has 1 saturated heterocycles. The lowest BCUT2D eigenvalue weighted by Crippen LogP contribution is -2.60. The van der Waals surface area contributed by atoms with Gasteiger partial charge in [-0.25, -0.2) is 4.79 Å². The van der Waals surface area contributed by atoms with E-state index in [1.54, 1.807) is 13.0 Å². The predicted octanol–water partition coefficient (Wildman–Crippen LogP) is 4.56. The van der Waals surface area contributed by atoms with Crippen molar-refractivity contribution in [2.24, 2.45) is 5.92 Å². The third kappa shape index (κ3) is 9.50. The zero-order chi connectivity index (χ0) is 30.6. The van der Waals surface area contributed by atoms with Crippen LogP contribution in [0.4, 0.5) is 5.69 Å². The lowest BCUT2D eigenvalue weighted by molar-refractivity contribution is -0.277. The Kier molecular flexibility index (Phi) is 13.7. The normalized spacial score (nSPS) is 23.2. The van der Waals surface area contributed by atoms with Crippen molar-refractivity contribution in [2.75, 3.05) is 11.9 Å². The molecule has 1 aliphatic heterocycles. The largest absolute Gasteiger partial charge is 0.460 e. The molecule has 1 amide bonds. The summed E-state index contributed by atoms with van der Waals surface area (Å²) in [6, 6.07) is 4.39. The van der Waals surface area contributed by atoms with E-state index < -0.39 is 42.9 Å². The number of aliphatic hydroxyl groups is 4. The SMILES string of the molecule is CCCCCCCCCCCCCC(C)C(=O)Nc1cc2c(C)cc(=O)oc2cc1OC1OC(CO)C(O)C(O)C1O. The molecular formula is C32H49NO9. The van der Waals surface area contributed by atoms with Crippen molar-refractivity contribution >= 4 is 22.6 Å². The fourth-order valence-electron chi connectivity index (χ4n) is 5.33. The lowest BCUT2D eigenvalue weighted by atomic mass is 9.99. The molecule has 42 heavy (non-hydrogen) atoms. The van der Waals surface area contributed by atoms with E-state index >= 15 is 0 Å². The second-order valence-corrected chi connectivity index (χ2v) is 11.6. The number of anilines is 1. The average Bonchev–Trinajstić information content (AvgIpc) is 2.96.